The fourth-order valence-corrected chi connectivity index (χ4v) is 2.73. The molecule has 0 bridgehead atoms. The summed E-state index contributed by atoms with van der Waals surface area (Å²) in [4.78, 5) is 16.4. The highest BCUT2D eigenvalue weighted by molar-refractivity contribution is 7.16. The minimum atomic E-state index is -0.342. The van der Waals surface area contributed by atoms with E-state index in [0.29, 0.717) is 16.8 Å². The van der Waals surface area contributed by atoms with Gasteiger partial charge in [0.2, 0.25) is 0 Å². The standard InChI is InChI=1S/C15H11FN2OS/c1-9-6-10(16)2-4-12(9)15(19)18-11-3-5-13-14(7-11)20-8-17-13/h2-8H,1H3,(H,18,19). The van der Waals surface area contributed by atoms with Gasteiger partial charge in [-0.15, -0.1) is 11.3 Å². The molecule has 100 valence electrons. The summed E-state index contributed by atoms with van der Waals surface area (Å²) in [6.45, 7) is 1.71. The van der Waals surface area contributed by atoms with E-state index in [2.05, 4.69) is 10.3 Å². The van der Waals surface area contributed by atoms with Crippen LogP contribution >= 0.6 is 11.3 Å². The van der Waals surface area contributed by atoms with Gasteiger partial charge >= 0.3 is 0 Å². The quantitative estimate of drug-likeness (QED) is 0.773. The molecular formula is C15H11FN2OS. The first-order valence-electron chi connectivity index (χ1n) is 6.04. The molecule has 0 saturated carbocycles. The van der Waals surface area contributed by atoms with Crippen molar-refractivity contribution in [2.75, 3.05) is 5.32 Å². The topological polar surface area (TPSA) is 42.0 Å². The van der Waals surface area contributed by atoms with E-state index in [1.54, 1.807) is 18.5 Å². The Balaban J connectivity index is 1.87. The number of halogens is 1. The van der Waals surface area contributed by atoms with E-state index in [4.69, 9.17) is 0 Å². The van der Waals surface area contributed by atoms with E-state index >= 15 is 0 Å². The number of nitrogens with one attached hydrogen (secondary N) is 1. The van der Waals surface area contributed by atoms with Crippen molar-refractivity contribution >= 4 is 33.1 Å². The molecule has 3 nitrogen and oxygen atoms in total. The Morgan fingerprint density at radius 2 is 2.10 bits per heavy atom. The summed E-state index contributed by atoms with van der Waals surface area (Å²) in [5.74, 6) is -0.587. The lowest BCUT2D eigenvalue weighted by molar-refractivity contribution is 0.102. The lowest BCUT2D eigenvalue weighted by Gasteiger charge is -2.07. The van der Waals surface area contributed by atoms with Crippen LogP contribution in [0, 0.1) is 12.7 Å². The van der Waals surface area contributed by atoms with Gasteiger partial charge in [-0.2, -0.15) is 0 Å². The average molecular weight is 286 g/mol. The molecule has 1 aromatic heterocycles. The van der Waals surface area contributed by atoms with Gasteiger partial charge in [0.25, 0.3) is 5.91 Å². The van der Waals surface area contributed by atoms with Crippen molar-refractivity contribution in [1.29, 1.82) is 0 Å². The molecule has 3 rings (SSSR count). The highest BCUT2D eigenvalue weighted by Gasteiger charge is 2.10. The largest absolute Gasteiger partial charge is 0.322 e. The third kappa shape index (κ3) is 2.40. The van der Waals surface area contributed by atoms with Crippen molar-refractivity contribution in [2.45, 2.75) is 6.92 Å². The van der Waals surface area contributed by atoms with E-state index in [0.717, 1.165) is 10.2 Å². The maximum Gasteiger partial charge on any atom is 0.255 e. The highest BCUT2D eigenvalue weighted by atomic mass is 32.1. The van der Waals surface area contributed by atoms with Crippen LogP contribution in [0.15, 0.2) is 41.9 Å². The zero-order valence-electron chi connectivity index (χ0n) is 10.7. The lowest BCUT2D eigenvalue weighted by atomic mass is 10.1. The molecule has 0 saturated heterocycles. The number of anilines is 1. The summed E-state index contributed by atoms with van der Waals surface area (Å²) >= 11 is 1.52. The van der Waals surface area contributed by atoms with Crippen molar-refractivity contribution < 1.29 is 9.18 Å². The Bertz CT molecular complexity index is 797. The first kappa shape index (κ1) is 12.7. The molecule has 1 heterocycles. The van der Waals surface area contributed by atoms with Crippen LogP contribution in [0.5, 0.6) is 0 Å². The van der Waals surface area contributed by atoms with Crippen LogP contribution in [0.1, 0.15) is 15.9 Å². The molecule has 0 aliphatic heterocycles. The van der Waals surface area contributed by atoms with Crippen LogP contribution in [0.4, 0.5) is 10.1 Å². The smallest absolute Gasteiger partial charge is 0.255 e. The second-order valence-corrected chi connectivity index (χ2v) is 5.33. The molecule has 0 aliphatic rings. The number of carbonyl (C=O) groups excluding carboxylic acids is 1. The Morgan fingerprint density at radius 1 is 1.25 bits per heavy atom. The Morgan fingerprint density at radius 3 is 2.90 bits per heavy atom. The molecule has 0 aliphatic carbocycles. The van der Waals surface area contributed by atoms with E-state index in [-0.39, 0.29) is 11.7 Å². The Labute approximate surface area is 119 Å². The first-order chi connectivity index (χ1) is 9.63. The van der Waals surface area contributed by atoms with Crippen molar-refractivity contribution in [3.8, 4) is 0 Å². The second-order valence-electron chi connectivity index (χ2n) is 4.45. The van der Waals surface area contributed by atoms with Gasteiger partial charge < -0.3 is 5.32 Å². The lowest BCUT2D eigenvalue weighted by Crippen LogP contribution is -2.13. The predicted octanol–water partition coefficient (Wildman–Crippen LogP) is 4.00. The van der Waals surface area contributed by atoms with Crippen molar-refractivity contribution in [3.05, 3.63) is 58.9 Å². The molecule has 20 heavy (non-hydrogen) atoms. The number of aryl methyl sites for hydroxylation is 1. The maximum absolute atomic E-state index is 13.0. The zero-order valence-corrected chi connectivity index (χ0v) is 11.5. The van der Waals surface area contributed by atoms with Crippen LogP contribution in [-0.2, 0) is 0 Å². The third-order valence-electron chi connectivity index (χ3n) is 3.02. The summed E-state index contributed by atoms with van der Waals surface area (Å²) in [6.07, 6.45) is 0. The second kappa shape index (κ2) is 5.02. The number of rotatable bonds is 2. The van der Waals surface area contributed by atoms with Gasteiger partial charge in [0.15, 0.2) is 0 Å². The SMILES string of the molecule is Cc1cc(F)ccc1C(=O)Nc1ccc2ncsc2c1. The third-order valence-corrected chi connectivity index (χ3v) is 3.81. The summed E-state index contributed by atoms with van der Waals surface area (Å²) in [5.41, 5.74) is 4.46. The minimum absolute atomic E-state index is 0.244. The molecule has 0 spiro atoms. The normalized spacial score (nSPS) is 10.7. The van der Waals surface area contributed by atoms with Gasteiger partial charge in [0, 0.05) is 11.3 Å². The van der Waals surface area contributed by atoms with Crippen LogP contribution < -0.4 is 5.32 Å². The van der Waals surface area contributed by atoms with Gasteiger partial charge in [0.1, 0.15) is 5.82 Å². The summed E-state index contributed by atoms with van der Waals surface area (Å²) in [6, 6.07) is 9.67. The van der Waals surface area contributed by atoms with Crippen LogP contribution in [-0.4, -0.2) is 10.9 Å². The van der Waals surface area contributed by atoms with Crippen molar-refractivity contribution in [1.82, 2.24) is 4.98 Å². The van der Waals surface area contributed by atoms with E-state index in [1.807, 2.05) is 12.1 Å². The van der Waals surface area contributed by atoms with Crippen LogP contribution in [0.25, 0.3) is 10.2 Å². The number of hydrogen-bond donors (Lipinski definition) is 1. The van der Waals surface area contributed by atoms with E-state index in [9.17, 15) is 9.18 Å². The van der Waals surface area contributed by atoms with Crippen molar-refractivity contribution in [3.63, 3.8) is 0 Å². The maximum atomic E-state index is 13.0. The number of carbonyl (C=O) groups is 1. The van der Waals surface area contributed by atoms with Gasteiger partial charge in [-0.3, -0.25) is 4.79 Å². The number of nitrogens with zero attached hydrogens (tertiary/aromatic N) is 1. The Kier molecular flexibility index (Phi) is 3.20. The van der Waals surface area contributed by atoms with E-state index < -0.39 is 0 Å². The van der Waals surface area contributed by atoms with Gasteiger partial charge in [-0.25, -0.2) is 9.37 Å². The highest BCUT2D eigenvalue weighted by Crippen LogP contribution is 2.22. The number of thiazole rings is 1. The summed E-state index contributed by atoms with van der Waals surface area (Å²) in [5, 5.41) is 2.82. The van der Waals surface area contributed by atoms with Gasteiger partial charge in [-0.1, -0.05) is 0 Å². The molecular weight excluding hydrogens is 275 g/mol. The number of amides is 1. The minimum Gasteiger partial charge on any atom is -0.322 e. The van der Waals surface area contributed by atoms with Crippen LogP contribution in [0.2, 0.25) is 0 Å². The average Bonchev–Trinajstić information content (AvgIpc) is 2.85. The monoisotopic (exact) mass is 286 g/mol. The van der Waals surface area contributed by atoms with Gasteiger partial charge in [0.05, 0.1) is 15.7 Å². The van der Waals surface area contributed by atoms with Crippen molar-refractivity contribution in [2.24, 2.45) is 0 Å². The van der Waals surface area contributed by atoms with Gasteiger partial charge in [-0.05, 0) is 48.9 Å². The molecule has 1 amide bonds. The fourth-order valence-electron chi connectivity index (χ4n) is 2.01. The molecule has 5 heteroatoms. The molecule has 0 radical (unpaired) electrons. The first-order valence-corrected chi connectivity index (χ1v) is 6.92. The molecule has 0 atom stereocenters. The summed E-state index contributed by atoms with van der Waals surface area (Å²) < 4.78 is 14.1. The molecule has 0 fully saturated rings. The van der Waals surface area contributed by atoms with Crippen LogP contribution in [0.3, 0.4) is 0 Å². The molecule has 0 unspecified atom stereocenters. The number of hydrogen-bond acceptors (Lipinski definition) is 3. The predicted molar refractivity (Wildman–Crippen MR) is 78.7 cm³/mol. The zero-order chi connectivity index (χ0) is 14.1. The summed E-state index contributed by atoms with van der Waals surface area (Å²) in [7, 11) is 0. The molecule has 2 aromatic carbocycles. The Hall–Kier alpha value is -2.27. The number of benzene rings is 2. The molecule has 1 N–H and O–H groups in total. The van der Waals surface area contributed by atoms with E-state index in [1.165, 1.54) is 29.5 Å². The number of fused-ring (bicyclic) bond motifs is 1. The number of aromatic nitrogens is 1. The fraction of sp³-hybridized carbons (Fsp3) is 0.0667. The molecule has 3 aromatic rings.